The number of aryl methyl sites for hydroxylation is 1. The number of carbonyl (C=O) groups excluding carboxylic acids is 1. The van der Waals surface area contributed by atoms with Crippen molar-refractivity contribution in [2.75, 3.05) is 19.4 Å². The number of unbranched alkanes of at least 4 members (excludes halogenated alkanes) is 1. The van der Waals surface area contributed by atoms with Crippen molar-refractivity contribution >= 4 is 29.0 Å². The van der Waals surface area contributed by atoms with Crippen molar-refractivity contribution in [2.24, 2.45) is 0 Å². The van der Waals surface area contributed by atoms with E-state index in [1.54, 1.807) is 30.2 Å². The Balaban J connectivity index is 1.33. The van der Waals surface area contributed by atoms with Gasteiger partial charge in [0.2, 0.25) is 5.91 Å². The molecule has 1 N–H and O–H groups in total. The first kappa shape index (κ1) is 25.5. The number of thioether (sulfide) groups is 1. The molecule has 0 spiro atoms. The Morgan fingerprint density at radius 1 is 0.946 bits per heavy atom. The normalized spacial score (nSPS) is 13.1. The van der Waals surface area contributed by atoms with Gasteiger partial charge in [-0.1, -0.05) is 90.2 Å². The number of nitrogens with zero attached hydrogens (tertiary/aromatic N) is 2. The van der Waals surface area contributed by atoms with E-state index < -0.39 is 5.41 Å². The van der Waals surface area contributed by atoms with E-state index in [-0.39, 0.29) is 5.91 Å². The van der Waals surface area contributed by atoms with E-state index >= 15 is 0 Å². The summed E-state index contributed by atoms with van der Waals surface area (Å²) in [5.74, 6) is 1.89. The van der Waals surface area contributed by atoms with E-state index in [4.69, 9.17) is 4.74 Å². The monoisotopic (exact) mass is 529 g/mol. The molecule has 1 aromatic heterocycles. The number of ether oxygens (including phenoxy) is 1. The number of rotatable bonds is 11. The second-order valence-electron chi connectivity index (χ2n) is 9.24. The molecule has 1 aliphatic carbocycles. The maximum atomic E-state index is 14.1. The summed E-state index contributed by atoms with van der Waals surface area (Å²) in [6.07, 6.45) is 3.49. The standard InChI is InChI=1S/C30H31N3O2S2/c1-21-32-33-29(37-21)36-20-8-7-18-30(28(34)31-19-17-22-13-15-23(35-2)16-14-22)26-11-5-3-9-24(26)25-10-4-6-12-27(25)30/h3-6,9-16H,7-8,17-20H2,1-2H3,(H,31,34). The first-order valence-electron chi connectivity index (χ1n) is 12.7. The zero-order chi connectivity index (χ0) is 25.7. The van der Waals surface area contributed by atoms with E-state index in [1.807, 2.05) is 19.1 Å². The molecule has 0 radical (unpaired) electrons. The van der Waals surface area contributed by atoms with E-state index in [1.165, 1.54) is 16.7 Å². The van der Waals surface area contributed by atoms with Gasteiger partial charge in [0.15, 0.2) is 4.34 Å². The Morgan fingerprint density at radius 2 is 1.62 bits per heavy atom. The van der Waals surface area contributed by atoms with Crippen molar-refractivity contribution < 1.29 is 9.53 Å². The molecular weight excluding hydrogens is 498 g/mol. The summed E-state index contributed by atoms with van der Waals surface area (Å²) in [6.45, 7) is 2.57. The van der Waals surface area contributed by atoms with Crippen molar-refractivity contribution in [3.63, 3.8) is 0 Å². The summed E-state index contributed by atoms with van der Waals surface area (Å²) >= 11 is 3.39. The molecule has 4 aromatic rings. The number of carbonyl (C=O) groups is 1. The SMILES string of the molecule is COc1ccc(CCNC(=O)C2(CCCCSc3nnc(C)s3)c3ccccc3-c3ccccc32)cc1. The van der Waals surface area contributed by atoms with Gasteiger partial charge in [0.1, 0.15) is 16.2 Å². The van der Waals surface area contributed by atoms with E-state index in [0.29, 0.717) is 6.54 Å². The van der Waals surface area contributed by atoms with Crippen LogP contribution in [0, 0.1) is 6.92 Å². The number of aromatic nitrogens is 2. The average Bonchev–Trinajstić information content (AvgIpc) is 3.48. The number of nitrogens with one attached hydrogen (secondary N) is 1. The molecule has 0 bridgehead atoms. The highest BCUT2D eigenvalue weighted by molar-refractivity contribution is 8.01. The van der Waals surface area contributed by atoms with Gasteiger partial charge in [-0.3, -0.25) is 4.79 Å². The van der Waals surface area contributed by atoms with Gasteiger partial charge in [0.25, 0.3) is 0 Å². The summed E-state index contributed by atoms with van der Waals surface area (Å²) in [5.41, 5.74) is 5.06. The number of hydrogen-bond acceptors (Lipinski definition) is 6. The maximum absolute atomic E-state index is 14.1. The quantitative estimate of drug-likeness (QED) is 0.179. The highest BCUT2D eigenvalue weighted by atomic mass is 32.2. The molecule has 0 saturated heterocycles. The zero-order valence-electron chi connectivity index (χ0n) is 21.2. The Kier molecular flexibility index (Phi) is 7.91. The summed E-state index contributed by atoms with van der Waals surface area (Å²) in [4.78, 5) is 14.1. The van der Waals surface area contributed by atoms with Gasteiger partial charge in [-0.15, -0.1) is 10.2 Å². The first-order valence-corrected chi connectivity index (χ1v) is 14.5. The fourth-order valence-corrected chi connectivity index (χ4v) is 7.09. The average molecular weight is 530 g/mol. The zero-order valence-corrected chi connectivity index (χ0v) is 22.8. The fourth-order valence-electron chi connectivity index (χ4n) is 5.20. The van der Waals surface area contributed by atoms with Gasteiger partial charge in [0, 0.05) is 12.3 Å². The van der Waals surface area contributed by atoms with Crippen LogP contribution in [0.1, 0.15) is 41.0 Å². The van der Waals surface area contributed by atoms with Gasteiger partial charge in [-0.25, -0.2) is 0 Å². The molecular formula is C30H31N3O2S2. The second-order valence-corrected chi connectivity index (χ2v) is 11.8. The fraction of sp³-hybridized carbons (Fsp3) is 0.300. The smallest absolute Gasteiger partial charge is 0.235 e. The molecule has 7 heteroatoms. The lowest BCUT2D eigenvalue weighted by Crippen LogP contribution is -2.45. The molecule has 1 aliphatic rings. The van der Waals surface area contributed by atoms with Crippen LogP contribution in [0.4, 0.5) is 0 Å². The number of hydrogen-bond donors (Lipinski definition) is 1. The van der Waals surface area contributed by atoms with Crippen LogP contribution in [0.3, 0.4) is 0 Å². The second kappa shape index (κ2) is 11.5. The molecule has 0 fully saturated rings. The first-order chi connectivity index (χ1) is 18.1. The van der Waals surface area contributed by atoms with Crippen LogP contribution >= 0.6 is 23.1 Å². The van der Waals surface area contributed by atoms with Gasteiger partial charge >= 0.3 is 0 Å². The minimum atomic E-state index is -0.683. The number of amides is 1. The van der Waals surface area contributed by atoms with Crippen LogP contribution in [0.5, 0.6) is 5.75 Å². The van der Waals surface area contributed by atoms with Gasteiger partial charge < -0.3 is 10.1 Å². The van der Waals surface area contributed by atoms with Crippen molar-refractivity contribution in [2.45, 2.75) is 42.4 Å². The minimum Gasteiger partial charge on any atom is -0.497 e. The molecule has 1 heterocycles. The van der Waals surface area contributed by atoms with E-state index in [0.717, 1.165) is 57.7 Å². The van der Waals surface area contributed by atoms with E-state index in [9.17, 15) is 4.79 Å². The maximum Gasteiger partial charge on any atom is 0.235 e. The molecule has 0 saturated carbocycles. The summed E-state index contributed by atoms with van der Waals surface area (Å²) in [6, 6.07) is 24.8. The van der Waals surface area contributed by atoms with Crippen molar-refractivity contribution in [1.82, 2.24) is 15.5 Å². The third-order valence-corrected chi connectivity index (χ3v) is 9.05. The largest absolute Gasteiger partial charge is 0.497 e. The molecule has 5 rings (SSSR count). The van der Waals surface area contributed by atoms with Crippen LogP contribution in [0.15, 0.2) is 77.1 Å². The van der Waals surface area contributed by atoms with Crippen LogP contribution in [0.25, 0.3) is 11.1 Å². The number of methoxy groups -OCH3 is 1. The third-order valence-electron chi connectivity index (χ3n) is 6.99. The third kappa shape index (κ3) is 5.29. The van der Waals surface area contributed by atoms with Crippen LogP contribution in [-0.4, -0.2) is 35.5 Å². The Hall–Kier alpha value is -3.16. The highest BCUT2D eigenvalue weighted by Gasteiger charge is 2.48. The molecule has 1 amide bonds. The Labute approximate surface area is 226 Å². The molecule has 190 valence electrons. The predicted molar refractivity (Wildman–Crippen MR) is 152 cm³/mol. The van der Waals surface area contributed by atoms with Gasteiger partial charge in [0.05, 0.1) is 7.11 Å². The minimum absolute atomic E-state index is 0.0887. The molecule has 0 aliphatic heterocycles. The summed E-state index contributed by atoms with van der Waals surface area (Å²) in [5, 5.41) is 12.6. The molecule has 37 heavy (non-hydrogen) atoms. The van der Waals surface area contributed by atoms with Crippen LogP contribution in [0.2, 0.25) is 0 Å². The summed E-state index contributed by atoms with van der Waals surface area (Å²) in [7, 11) is 1.67. The van der Waals surface area contributed by atoms with E-state index in [2.05, 4.69) is 76.2 Å². The van der Waals surface area contributed by atoms with Crippen molar-refractivity contribution in [3.05, 3.63) is 94.5 Å². The molecule has 3 aromatic carbocycles. The number of benzene rings is 3. The molecule has 0 atom stereocenters. The van der Waals surface area contributed by atoms with Gasteiger partial charge in [-0.05, 0) is 66.1 Å². The Bertz CT molecular complexity index is 1320. The van der Waals surface area contributed by atoms with Crippen LogP contribution in [-0.2, 0) is 16.6 Å². The van der Waals surface area contributed by atoms with Crippen LogP contribution < -0.4 is 10.1 Å². The lowest BCUT2D eigenvalue weighted by Gasteiger charge is -2.31. The summed E-state index contributed by atoms with van der Waals surface area (Å²) < 4.78 is 6.28. The lowest BCUT2D eigenvalue weighted by atomic mass is 9.73. The highest BCUT2D eigenvalue weighted by Crippen LogP contribution is 2.51. The number of fused-ring (bicyclic) bond motifs is 3. The lowest BCUT2D eigenvalue weighted by molar-refractivity contribution is -0.125. The Morgan fingerprint density at radius 3 is 2.24 bits per heavy atom. The van der Waals surface area contributed by atoms with Crippen molar-refractivity contribution in [3.8, 4) is 16.9 Å². The van der Waals surface area contributed by atoms with Crippen molar-refractivity contribution in [1.29, 1.82) is 0 Å². The topological polar surface area (TPSA) is 64.1 Å². The molecule has 0 unspecified atom stereocenters. The van der Waals surface area contributed by atoms with Gasteiger partial charge in [-0.2, -0.15) is 0 Å². The predicted octanol–water partition coefficient (Wildman–Crippen LogP) is 6.44. The molecule has 5 nitrogen and oxygen atoms in total.